The normalized spacial score (nSPS) is 12.3. The fraction of sp³-hybridized carbons (Fsp3) is 0.200. The third kappa shape index (κ3) is 3.41. The van der Waals surface area contributed by atoms with E-state index in [4.69, 9.17) is 4.74 Å². The molecular formula is C15H13Br3O. The summed E-state index contributed by atoms with van der Waals surface area (Å²) in [5.74, 6) is 0.891. The van der Waals surface area contributed by atoms with Crippen LogP contribution in [0.2, 0.25) is 0 Å². The lowest BCUT2D eigenvalue weighted by atomic mass is 10.0. The quantitative estimate of drug-likeness (QED) is 0.522. The number of rotatable bonds is 3. The molecule has 0 aliphatic carbocycles. The van der Waals surface area contributed by atoms with Gasteiger partial charge in [0.1, 0.15) is 5.75 Å². The summed E-state index contributed by atoms with van der Waals surface area (Å²) in [5.41, 5.74) is 3.52. The fourth-order valence-corrected chi connectivity index (χ4v) is 4.27. The maximum Gasteiger partial charge on any atom is 0.123 e. The molecule has 1 atom stereocenters. The number of hydrogen-bond donors (Lipinski definition) is 0. The van der Waals surface area contributed by atoms with Gasteiger partial charge in [0.15, 0.2) is 0 Å². The van der Waals surface area contributed by atoms with Crippen molar-refractivity contribution in [1.82, 2.24) is 0 Å². The molecular weight excluding hydrogens is 436 g/mol. The molecule has 0 aromatic heterocycles. The summed E-state index contributed by atoms with van der Waals surface area (Å²) in [5, 5.41) is 0. The van der Waals surface area contributed by atoms with Gasteiger partial charge in [0, 0.05) is 14.5 Å². The number of methoxy groups -OCH3 is 1. The van der Waals surface area contributed by atoms with Gasteiger partial charge < -0.3 is 4.74 Å². The minimum Gasteiger partial charge on any atom is -0.496 e. The molecule has 0 radical (unpaired) electrons. The molecule has 2 rings (SSSR count). The van der Waals surface area contributed by atoms with Crippen LogP contribution in [0, 0.1) is 6.92 Å². The monoisotopic (exact) mass is 446 g/mol. The molecule has 100 valence electrons. The van der Waals surface area contributed by atoms with Crippen LogP contribution < -0.4 is 4.74 Å². The topological polar surface area (TPSA) is 9.23 Å². The Morgan fingerprint density at radius 1 is 1.00 bits per heavy atom. The highest BCUT2D eigenvalue weighted by Gasteiger charge is 2.17. The van der Waals surface area contributed by atoms with Crippen LogP contribution in [0.4, 0.5) is 0 Å². The summed E-state index contributed by atoms with van der Waals surface area (Å²) in [6.07, 6.45) is 0. The molecule has 1 unspecified atom stereocenters. The first kappa shape index (κ1) is 15.1. The van der Waals surface area contributed by atoms with Crippen molar-refractivity contribution < 1.29 is 4.74 Å². The Labute approximate surface area is 138 Å². The van der Waals surface area contributed by atoms with Crippen LogP contribution in [-0.2, 0) is 0 Å². The van der Waals surface area contributed by atoms with E-state index < -0.39 is 0 Å². The van der Waals surface area contributed by atoms with Gasteiger partial charge in [-0.15, -0.1) is 0 Å². The summed E-state index contributed by atoms with van der Waals surface area (Å²) < 4.78 is 7.57. The second kappa shape index (κ2) is 6.42. The third-order valence-corrected chi connectivity index (χ3v) is 5.06. The summed E-state index contributed by atoms with van der Waals surface area (Å²) in [7, 11) is 1.70. The fourth-order valence-electron chi connectivity index (χ4n) is 1.93. The first-order chi connectivity index (χ1) is 9.02. The van der Waals surface area contributed by atoms with E-state index in [0.29, 0.717) is 0 Å². The lowest BCUT2D eigenvalue weighted by Crippen LogP contribution is -1.98. The molecule has 4 heteroatoms. The van der Waals surface area contributed by atoms with E-state index in [-0.39, 0.29) is 4.83 Å². The molecule has 2 aromatic carbocycles. The summed E-state index contributed by atoms with van der Waals surface area (Å²) in [6.45, 7) is 2.08. The van der Waals surface area contributed by atoms with Crippen LogP contribution in [0.25, 0.3) is 0 Å². The van der Waals surface area contributed by atoms with E-state index in [1.54, 1.807) is 7.11 Å². The largest absolute Gasteiger partial charge is 0.496 e. The van der Waals surface area contributed by atoms with Crippen LogP contribution >= 0.6 is 47.8 Å². The highest BCUT2D eigenvalue weighted by molar-refractivity contribution is 9.11. The molecule has 2 aromatic rings. The van der Waals surface area contributed by atoms with Crippen LogP contribution in [0.3, 0.4) is 0 Å². The van der Waals surface area contributed by atoms with Gasteiger partial charge in [-0.25, -0.2) is 0 Å². The zero-order valence-corrected chi connectivity index (χ0v) is 15.3. The predicted molar refractivity (Wildman–Crippen MR) is 90.3 cm³/mol. The smallest absolute Gasteiger partial charge is 0.123 e. The lowest BCUT2D eigenvalue weighted by molar-refractivity contribution is 0.410. The van der Waals surface area contributed by atoms with Gasteiger partial charge in [0.25, 0.3) is 0 Å². The van der Waals surface area contributed by atoms with Crippen molar-refractivity contribution in [2.24, 2.45) is 0 Å². The SMILES string of the molecule is COc1ccc(C)cc1C(Br)c1ccc(Br)cc1Br. The van der Waals surface area contributed by atoms with Crippen LogP contribution in [0.1, 0.15) is 21.5 Å². The second-order valence-electron chi connectivity index (χ2n) is 4.27. The number of ether oxygens (including phenoxy) is 1. The van der Waals surface area contributed by atoms with Crippen molar-refractivity contribution in [1.29, 1.82) is 0 Å². The lowest BCUT2D eigenvalue weighted by Gasteiger charge is -2.17. The van der Waals surface area contributed by atoms with Gasteiger partial charge in [0.2, 0.25) is 0 Å². The molecule has 0 heterocycles. The summed E-state index contributed by atoms with van der Waals surface area (Å²) >= 11 is 10.9. The highest BCUT2D eigenvalue weighted by atomic mass is 79.9. The Morgan fingerprint density at radius 2 is 1.74 bits per heavy atom. The minimum atomic E-state index is 0.0878. The van der Waals surface area contributed by atoms with E-state index >= 15 is 0 Å². The van der Waals surface area contributed by atoms with Gasteiger partial charge in [-0.2, -0.15) is 0 Å². The standard InChI is InChI=1S/C15H13Br3O/c1-9-3-6-14(19-2)12(7-9)15(18)11-5-4-10(16)8-13(11)17/h3-8,15H,1-2H3. The number of aryl methyl sites for hydroxylation is 1. The maximum atomic E-state index is 5.45. The van der Waals surface area contributed by atoms with Crippen LogP contribution in [-0.4, -0.2) is 7.11 Å². The Bertz CT molecular complexity index is 596. The van der Waals surface area contributed by atoms with E-state index in [9.17, 15) is 0 Å². The van der Waals surface area contributed by atoms with Crippen LogP contribution in [0.5, 0.6) is 5.75 Å². The van der Waals surface area contributed by atoms with Gasteiger partial charge in [0.05, 0.1) is 11.9 Å². The van der Waals surface area contributed by atoms with Gasteiger partial charge in [-0.05, 0) is 30.7 Å². The molecule has 0 aliphatic heterocycles. The molecule has 0 N–H and O–H groups in total. The van der Waals surface area contributed by atoms with Gasteiger partial charge >= 0.3 is 0 Å². The minimum absolute atomic E-state index is 0.0878. The van der Waals surface area contributed by atoms with E-state index in [1.165, 1.54) is 11.1 Å². The van der Waals surface area contributed by atoms with Crippen molar-refractivity contribution in [3.8, 4) is 5.75 Å². The van der Waals surface area contributed by atoms with Gasteiger partial charge in [-0.3, -0.25) is 0 Å². The Morgan fingerprint density at radius 3 is 2.37 bits per heavy atom. The molecule has 0 fully saturated rings. The average molecular weight is 449 g/mol. The first-order valence-corrected chi connectivity index (χ1v) is 8.26. The number of halogens is 3. The van der Waals surface area contributed by atoms with Crippen LogP contribution in [0.15, 0.2) is 45.3 Å². The number of hydrogen-bond acceptors (Lipinski definition) is 1. The predicted octanol–water partition coefficient (Wildman–Crippen LogP) is 6.01. The number of alkyl halides is 1. The maximum absolute atomic E-state index is 5.45. The zero-order chi connectivity index (χ0) is 14.0. The summed E-state index contributed by atoms with van der Waals surface area (Å²) in [4.78, 5) is 0.0878. The van der Waals surface area contributed by atoms with Crippen molar-refractivity contribution in [2.45, 2.75) is 11.8 Å². The molecule has 0 saturated carbocycles. The molecule has 1 nitrogen and oxygen atoms in total. The van der Waals surface area contributed by atoms with Crippen molar-refractivity contribution in [2.75, 3.05) is 7.11 Å². The molecule has 0 bridgehead atoms. The van der Waals surface area contributed by atoms with Crippen molar-refractivity contribution >= 4 is 47.8 Å². The first-order valence-electron chi connectivity index (χ1n) is 5.76. The molecule has 0 saturated heterocycles. The average Bonchev–Trinajstić information content (AvgIpc) is 2.38. The van der Waals surface area contributed by atoms with Gasteiger partial charge in [-0.1, -0.05) is 71.6 Å². The molecule has 0 spiro atoms. The molecule has 19 heavy (non-hydrogen) atoms. The highest BCUT2D eigenvalue weighted by Crippen LogP contribution is 2.40. The van der Waals surface area contributed by atoms with E-state index in [0.717, 1.165) is 20.3 Å². The van der Waals surface area contributed by atoms with E-state index in [1.807, 2.05) is 18.2 Å². The molecule has 0 aliphatic rings. The Balaban J connectivity index is 2.49. The zero-order valence-electron chi connectivity index (χ0n) is 10.6. The van der Waals surface area contributed by atoms with Crippen molar-refractivity contribution in [3.63, 3.8) is 0 Å². The second-order valence-corrected chi connectivity index (χ2v) is 6.96. The number of benzene rings is 2. The summed E-state index contributed by atoms with van der Waals surface area (Å²) in [6, 6.07) is 12.4. The third-order valence-electron chi connectivity index (χ3n) is 2.89. The Kier molecular flexibility index (Phi) is 5.09. The molecule has 0 amide bonds. The van der Waals surface area contributed by atoms with Crippen molar-refractivity contribution in [3.05, 3.63) is 62.0 Å². The Hall–Kier alpha value is -0.320. The van der Waals surface area contributed by atoms with E-state index in [2.05, 4.69) is 72.9 Å².